The van der Waals surface area contributed by atoms with E-state index in [1.165, 1.54) is 11.9 Å². The molecule has 232 valence electrons. The van der Waals surface area contributed by atoms with Crippen LogP contribution in [0, 0.1) is 37.5 Å². The van der Waals surface area contributed by atoms with Gasteiger partial charge in [0.1, 0.15) is 5.75 Å². The number of amides is 2. The highest BCUT2D eigenvalue weighted by molar-refractivity contribution is 6.99. The molecule has 44 heavy (non-hydrogen) atoms. The number of hydrogen-bond donors (Lipinski definition) is 2. The smallest absolute Gasteiger partial charge is 0.261 e. The first-order valence-corrected chi connectivity index (χ1v) is 17.5. The lowest BCUT2D eigenvalue weighted by Crippen LogP contribution is -2.67. The van der Waals surface area contributed by atoms with E-state index in [2.05, 4.69) is 45.0 Å². The van der Waals surface area contributed by atoms with E-state index in [9.17, 15) is 19.8 Å². The first kappa shape index (κ1) is 30.7. The quantitative estimate of drug-likeness (QED) is 0.312. The summed E-state index contributed by atoms with van der Waals surface area (Å²) in [4.78, 5) is 28.1. The van der Waals surface area contributed by atoms with Gasteiger partial charge in [0.25, 0.3) is 8.32 Å². The van der Waals surface area contributed by atoms with Gasteiger partial charge < -0.3 is 19.4 Å². The number of carbonyl (C=O) groups excluding carboxylic acids is 2. The van der Waals surface area contributed by atoms with Crippen LogP contribution in [-0.4, -0.2) is 54.7 Å². The number of likely N-dealkylation sites (tertiary alicyclic amines) is 1. The van der Waals surface area contributed by atoms with E-state index in [0.29, 0.717) is 12.8 Å². The Kier molecular flexibility index (Phi) is 7.64. The molecule has 6 rings (SSSR count). The van der Waals surface area contributed by atoms with E-state index >= 15 is 0 Å². The van der Waals surface area contributed by atoms with Crippen molar-refractivity contribution in [2.75, 3.05) is 13.7 Å². The van der Waals surface area contributed by atoms with Crippen molar-refractivity contribution < 1.29 is 29.0 Å². The van der Waals surface area contributed by atoms with Crippen LogP contribution in [0.5, 0.6) is 5.75 Å². The summed E-state index contributed by atoms with van der Waals surface area (Å²) in [6.45, 7) is 10.5. The summed E-state index contributed by atoms with van der Waals surface area (Å²) in [7, 11) is -1.41. The van der Waals surface area contributed by atoms with Crippen LogP contribution >= 0.6 is 0 Å². The molecule has 3 aromatic carbocycles. The molecule has 0 spiro atoms. The Morgan fingerprint density at radius 1 is 0.932 bits per heavy atom. The summed E-state index contributed by atoms with van der Waals surface area (Å²) in [6.07, 6.45) is 0.195. The summed E-state index contributed by atoms with van der Waals surface area (Å²) < 4.78 is 13.9. The average molecular weight is 614 g/mol. The maximum Gasteiger partial charge on any atom is 0.261 e. The van der Waals surface area contributed by atoms with E-state index in [1.54, 1.807) is 0 Å². The number of aromatic hydroxyl groups is 1. The minimum Gasteiger partial charge on any atom is -0.507 e. The predicted octanol–water partition coefficient (Wildman–Crippen LogP) is 4.60. The standard InChI is InChI=1S/C36H43NO6Si/c1-22-17-24(18-23(2)32(22)38)30-20-29-31-28(33(39)37(6)34(31)40)19-25(36(29,41)43-30)21-42-44(35(3,4)5,26-13-9-7-10-14-26)27-15-11-8-12-16-27/h7-18,25,28-31,38,41H,19-21H2,1-6H3/t25-,28+,29+,30+,31+,36-/m1/s1. The number of rotatable bonds is 6. The predicted molar refractivity (Wildman–Crippen MR) is 171 cm³/mol. The first-order valence-electron chi connectivity index (χ1n) is 15.6. The number of aryl methyl sites for hydroxylation is 2. The van der Waals surface area contributed by atoms with Crippen LogP contribution < -0.4 is 10.4 Å². The van der Waals surface area contributed by atoms with Crippen molar-refractivity contribution in [3.63, 3.8) is 0 Å². The third-order valence-corrected chi connectivity index (χ3v) is 15.4. The number of imide groups is 1. The Hall–Kier alpha value is -3.30. The Morgan fingerprint density at radius 2 is 1.48 bits per heavy atom. The summed E-state index contributed by atoms with van der Waals surface area (Å²) >= 11 is 0. The Bertz CT molecular complexity index is 1510. The molecule has 2 N–H and O–H groups in total. The topological polar surface area (TPSA) is 96.3 Å². The number of carbonyl (C=O) groups is 2. The number of ether oxygens (including phenoxy) is 1. The number of hydrogen-bond acceptors (Lipinski definition) is 6. The highest BCUT2D eigenvalue weighted by Crippen LogP contribution is 2.58. The van der Waals surface area contributed by atoms with Gasteiger partial charge in [-0.05, 0) is 70.9 Å². The number of fused-ring (bicyclic) bond motifs is 3. The minimum absolute atomic E-state index is 0.176. The first-order chi connectivity index (χ1) is 20.8. The summed E-state index contributed by atoms with van der Waals surface area (Å²) in [5, 5.41) is 24.9. The SMILES string of the molecule is Cc1cc([C@@H]2C[C@H]3[C@H]4C(=O)N(C)C(=O)[C@H]4C[C@H](CO[Si](c4ccccc4)(c4ccccc4)C(C)(C)C)[C@@]3(O)O2)cc(C)c1O. The van der Waals surface area contributed by atoms with E-state index < -0.39 is 43.9 Å². The number of benzene rings is 3. The monoisotopic (exact) mass is 613 g/mol. The molecular weight excluding hydrogens is 570 g/mol. The van der Waals surface area contributed by atoms with Crippen LogP contribution in [0.1, 0.15) is 56.4 Å². The van der Waals surface area contributed by atoms with Crippen LogP contribution in [0.3, 0.4) is 0 Å². The maximum atomic E-state index is 13.4. The van der Waals surface area contributed by atoms with E-state index in [0.717, 1.165) is 27.1 Å². The molecule has 0 unspecified atom stereocenters. The van der Waals surface area contributed by atoms with Gasteiger partial charge in [0.2, 0.25) is 11.8 Å². The van der Waals surface area contributed by atoms with Crippen LogP contribution in [0.15, 0.2) is 72.8 Å². The van der Waals surface area contributed by atoms with Gasteiger partial charge in [-0.25, -0.2) is 0 Å². The van der Waals surface area contributed by atoms with Crippen molar-refractivity contribution in [1.29, 1.82) is 0 Å². The molecule has 1 aliphatic carbocycles. The lowest BCUT2D eigenvalue weighted by atomic mass is 9.64. The molecule has 0 bridgehead atoms. The zero-order valence-electron chi connectivity index (χ0n) is 26.4. The lowest BCUT2D eigenvalue weighted by molar-refractivity contribution is -0.273. The van der Waals surface area contributed by atoms with Crippen molar-refractivity contribution in [3.8, 4) is 5.75 Å². The van der Waals surface area contributed by atoms with Gasteiger partial charge in [0.05, 0.1) is 17.9 Å². The largest absolute Gasteiger partial charge is 0.507 e. The molecule has 0 radical (unpaired) electrons. The molecule has 3 aliphatic rings. The third kappa shape index (κ3) is 4.65. The maximum absolute atomic E-state index is 13.4. The summed E-state index contributed by atoms with van der Waals surface area (Å²) in [6, 6.07) is 24.4. The number of nitrogens with zero attached hydrogens (tertiary/aromatic N) is 1. The van der Waals surface area contributed by atoms with Crippen LogP contribution in [0.2, 0.25) is 5.04 Å². The van der Waals surface area contributed by atoms with Crippen LogP contribution in [0.4, 0.5) is 0 Å². The third-order valence-electron chi connectivity index (χ3n) is 10.4. The molecule has 7 nitrogen and oxygen atoms in total. The highest BCUT2D eigenvalue weighted by Gasteiger charge is 2.66. The molecule has 2 heterocycles. The van der Waals surface area contributed by atoms with E-state index in [1.807, 2.05) is 62.4 Å². The van der Waals surface area contributed by atoms with Crippen molar-refractivity contribution in [1.82, 2.24) is 4.90 Å². The van der Waals surface area contributed by atoms with Gasteiger partial charge in [-0.3, -0.25) is 14.5 Å². The van der Waals surface area contributed by atoms with Crippen LogP contribution in [-0.2, 0) is 18.8 Å². The molecule has 6 atom stereocenters. The zero-order valence-corrected chi connectivity index (χ0v) is 27.4. The Balaban J connectivity index is 1.42. The van der Waals surface area contributed by atoms with Crippen molar-refractivity contribution in [3.05, 3.63) is 89.5 Å². The van der Waals surface area contributed by atoms with Crippen molar-refractivity contribution >= 4 is 30.5 Å². The van der Waals surface area contributed by atoms with Crippen molar-refractivity contribution in [2.45, 2.75) is 64.4 Å². The molecule has 1 saturated carbocycles. The van der Waals surface area contributed by atoms with Gasteiger partial charge in [0, 0.05) is 25.5 Å². The molecule has 3 aromatic rings. The number of phenolic OH excluding ortho intramolecular Hbond substituents is 1. The highest BCUT2D eigenvalue weighted by atomic mass is 28.4. The molecule has 2 aliphatic heterocycles. The number of phenols is 1. The second-order valence-corrected chi connectivity index (χ2v) is 18.3. The van der Waals surface area contributed by atoms with Crippen LogP contribution in [0.25, 0.3) is 0 Å². The molecule has 3 fully saturated rings. The zero-order chi connectivity index (χ0) is 31.6. The second-order valence-electron chi connectivity index (χ2n) is 14.0. The fourth-order valence-corrected chi connectivity index (χ4v) is 12.8. The molecule has 8 heteroatoms. The molecule has 0 aromatic heterocycles. The minimum atomic E-state index is -2.95. The normalized spacial score (nSPS) is 28.7. The fraction of sp³-hybridized carbons (Fsp3) is 0.444. The molecular formula is C36H43NO6Si. The van der Waals surface area contributed by atoms with Gasteiger partial charge in [0.15, 0.2) is 5.79 Å². The van der Waals surface area contributed by atoms with E-state index in [4.69, 9.17) is 9.16 Å². The lowest BCUT2D eigenvalue weighted by Gasteiger charge is -2.48. The molecule has 2 saturated heterocycles. The summed E-state index contributed by atoms with van der Waals surface area (Å²) in [5.41, 5.74) is 2.29. The van der Waals surface area contributed by atoms with Gasteiger partial charge >= 0.3 is 0 Å². The summed E-state index contributed by atoms with van der Waals surface area (Å²) in [5.74, 6) is -4.18. The Labute approximate surface area is 260 Å². The Morgan fingerprint density at radius 3 is 2.00 bits per heavy atom. The molecule has 2 amide bonds. The second kappa shape index (κ2) is 10.9. The fourth-order valence-electron chi connectivity index (χ4n) is 8.20. The van der Waals surface area contributed by atoms with E-state index in [-0.39, 0.29) is 29.2 Å². The number of aliphatic hydroxyl groups is 1. The van der Waals surface area contributed by atoms with Gasteiger partial charge in [-0.1, -0.05) is 81.4 Å². The average Bonchev–Trinajstić information content (AvgIpc) is 3.46. The van der Waals surface area contributed by atoms with Gasteiger partial charge in [-0.2, -0.15) is 0 Å². The van der Waals surface area contributed by atoms with Crippen molar-refractivity contribution in [2.24, 2.45) is 23.7 Å². The van der Waals surface area contributed by atoms with Gasteiger partial charge in [-0.15, -0.1) is 0 Å².